The van der Waals surface area contributed by atoms with Crippen molar-refractivity contribution < 1.29 is 0 Å². The van der Waals surface area contributed by atoms with E-state index in [2.05, 4.69) is 19.2 Å². The van der Waals surface area contributed by atoms with Crippen molar-refractivity contribution in [2.24, 2.45) is 11.1 Å². The van der Waals surface area contributed by atoms with E-state index >= 15 is 0 Å². The largest absolute Gasteiger partial charge is 0.328 e. The molecule has 16 heavy (non-hydrogen) atoms. The first-order valence-corrected chi connectivity index (χ1v) is 7.07. The summed E-state index contributed by atoms with van der Waals surface area (Å²) in [6.07, 6.45) is 10.5. The van der Waals surface area contributed by atoms with Crippen LogP contribution in [0, 0.1) is 5.41 Å². The molecule has 2 aliphatic carbocycles. The van der Waals surface area contributed by atoms with Crippen LogP contribution in [0.3, 0.4) is 0 Å². The lowest BCUT2D eigenvalue weighted by Gasteiger charge is -2.38. The van der Waals surface area contributed by atoms with Gasteiger partial charge < -0.3 is 11.1 Å². The Kier molecular flexibility index (Phi) is 3.91. The molecule has 0 spiro atoms. The van der Waals surface area contributed by atoms with E-state index in [4.69, 9.17) is 5.73 Å². The third kappa shape index (κ3) is 3.46. The normalized spacial score (nSPS) is 36.2. The van der Waals surface area contributed by atoms with Crippen LogP contribution in [0.15, 0.2) is 0 Å². The van der Waals surface area contributed by atoms with Gasteiger partial charge in [0.1, 0.15) is 0 Å². The lowest BCUT2D eigenvalue weighted by Crippen LogP contribution is -2.44. The van der Waals surface area contributed by atoms with Crippen LogP contribution in [0.4, 0.5) is 0 Å². The molecule has 0 unspecified atom stereocenters. The second-order valence-corrected chi connectivity index (χ2v) is 6.72. The molecule has 2 fully saturated rings. The molecular weight excluding hydrogens is 196 g/mol. The molecule has 0 amide bonds. The minimum Gasteiger partial charge on any atom is -0.328 e. The number of hydrogen-bond donors (Lipinski definition) is 2. The summed E-state index contributed by atoms with van der Waals surface area (Å²) in [6.45, 7) is 4.81. The topological polar surface area (TPSA) is 38.0 Å². The van der Waals surface area contributed by atoms with Gasteiger partial charge in [0.15, 0.2) is 0 Å². The summed E-state index contributed by atoms with van der Waals surface area (Å²) >= 11 is 0. The summed E-state index contributed by atoms with van der Waals surface area (Å²) in [6, 6.07) is 2.02. The second-order valence-electron chi connectivity index (χ2n) is 6.72. The van der Waals surface area contributed by atoms with Gasteiger partial charge in [0.05, 0.1) is 0 Å². The molecule has 2 nitrogen and oxygen atoms in total. The van der Waals surface area contributed by atoms with E-state index in [-0.39, 0.29) is 0 Å². The monoisotopic (exact) mass is 224 g/mol. The predicted molar refractivity (Wildman–Crippen MR) is 69.4 cm³/mol. The molecule has 0 bridgehead atoms. The molecule has 0 radical (unpaired) electrons. The number of nitrogens with two attached hydrogens (primary N) is 1. The molecule has 0 aromatic rings. The molecule has 3 N–H and O–H groups in total. The van der Waals surface area contributed by atoms with Crippen molar-refractivity contribution in [3.63, 3.8) is 0 Å². The molecule has 0 aromatic heterocycles. The molecule has 0 saturated heterocycles. The van der Waals surface area contributed by atoms with Crippen molar-refractivity contribution in [2.75, 3.05) is 0 Å². The Hall–Kier alpha value is -0.0800. The molecule has 0 aliphatic heterocycles. The van der Waals surface area contributed by atoms with Crippen LogP contribution in [-0.2, 0) is 0 Å². The zero-order valence-electron chi connectivity index (χ0n) is 11.0. The lowest BCUT2D eigenvalue weighted by molar-refractivity contribution is 0.188. The van der Waals surface area contributed by atoms with E-state index in [0.717, 1.165) is 12.1 Å². The summed E-state index contributed by atoms with van der Waals surface area (Å²) in [7, 11) is 0. The van der Waals surface area contributed by atoms with Crippen molar-refractivity contribution in [1.82, 2.24) is 5.32 Å². The van der Waals surface area contributed by atoms with Crippen LogP contribution in [-0.4, -0.2) is 18.1 Å². The van der Waals surface area contributed by atoms with Crippen molar-refractivity contribution in [3.05, 3.63) is 0 Å². The summed E-state index contributed by atoms with van der Waals surface area (Å²) in [5, 5.41) is 3.86. The Labute approximate surface area is 100 Å². The van der Waals surface area contributed by atoms with Gasteiger partial charge in [-0.2, -0.15) is 0 Å². The average Bonchev–Trinajstić information content (AvgIpc) is 2.24. The highest BCUT2D eigenvalue weighted by Gasteiger charge is 2.28. The highest BCUT2D eigenvalue weighted by molar-refractivity contribution is 4.86. The summed E-state index contributed by atoms with van der Waals surface area (Å²) in [4.78, 5) is 0. The van der Waals surface area contributed by atoms with E-state index in [1.807, 2.05) is 0 Å². The second kappa shape index (κ2) is 5.05. The van der Waals surface area contributed by atoms with E-state index in [1.165, 1.54) is 51.4 Å². The van der Waals surface area contributed by atoms with E-state index in [0.29, 0.717) is 11.5 Å². The van der Waals surface area contributed by atoms with E-state index < -0.39 is 0 Å². The van der Waals surface area contributed by atoms with Crippen molar-refractivity contribution in [1.29, 1.82) is 0 Å². The van der Waals surface area contributed by atoms with Crippen LogP contribution < -0.4 is 11.1 Å². The fourth-order valence-corrected chi connectivity index (χ4v) is 3.19. The smallest absolute Gasteiger partial charge is 0.00708 e. The van der Waals surface area contributed by atoms with Gasteiger partial charge in [-0.3, -0.25) is 0 Å². The van der Waals surface area contributed by atoms with Gasteiger partial charge in [0.25, 0.3) is 0 Å². The molecule has 0 atom stereocenters. The average molecular weight is 224 g/mol. The van der Waals surface area contributed by atoms with Crippen LogP contribution in [0.1, 0.15) is 65.2 Å². The van der Waals surface area contributed by atoms with Gasteiger partial charge in [-0.1, -0.05) is 13.8 Å². The fraction of sp³-hybridized carbons (Fsp3) is 1.00. The van der Waals surface area contributed by atoms with E-state index in [9.17, 15) is 0 Å². The molecule has 2 saturated carbocycles. The fourth-order valence-electron chi connectivity index (χ4n) is 3.19. The Bertz CT molecular complexity index is 207. The minimum absolute atomic E-state index is 0.475. The lowest BCUT2D eigenvalue weighted by atomic mass is 9.75. The predicted octanol–water partition coefficient (Wildman–Crippen LogP) is 2.81. The first-order valence-electron chi connectivity index (χ1n) is 7.07. The zero-order chi connectivity index (χ0) is 11.6. The molecule has 94 valence electrons. The molecule has 2 heteroatoms. The van der Waals surface area contributed by atoms with Crippen LogP contribution >= 0.6 is 0 Å². The van der Waals surface area contributed by atoms with Crippen molar-refractivity contribution in [3.8, 4) is 0 Å². The first kappa shape index (κ1) is 12.4. The van der Waals surface area contributed by atoms with Gasteiger partial charge in [-0.25, -0.2) is 0 Å². The van der Waals surface area contributed by atoms with Gasteiger partial charge in [0.2, 0.25) is 0 Å². The molecular formula is C14H28N2. The third-order valence-corrected chi connectivity index (χ3v) is 4.58. The van der Waals surface area contributed by atoms with Crippen LogP contribution in [0.2, 0.25) is 0 Å². The van der Waals surface area contributed by atoms with Crippen LogP contribution in [0.5, 0.6) is 0 Å². The maximum absolute atomic E-state index is 5.94. The molecule has 0 heterocycles. The quantitative estimate of drug-likeness (QED) is 0.757. The summed E-state index contributed by atoms with van der Waals surface area (Å²) in [5.74, 6) is 0. The van der Waals surface area contributed by atoms with Gasteiger partial charge in [0, 0.05) is 18.1 Å². The maximum atomic E-state index is 5.94. The Balaban J connectivity index is 1.71. The summed E-state index contributed by atoms with van der Waals surface area (Å²) in [5.41, 5.74) is 6.53. The zero-order valence-corrected chi connectivity index (χ0v) is 11.0. The molecule has 2 rings (SSSR count). The number of nitrogens with one attached hydrogen (secondary N) is 1. The molecule has 0 aromatic carbocycles. The van der Waals surface area contributed by atoms with Crippen molar-refractivity contribution in [2.45, 2.75) is 83.3 Å². The highest BCUT2D eigenvalue weighted by atomic mass is 15.0. The first-order chi connectivity index (χ1) is 7.55. The standard InChI is InChI=1S/C14H28N2/c1-14(2)9-7-13(8-10-14)16-12-5-3-11(15)4-6-12/h11-13,16H,3-10,15H2,1-2H3. The third-order valence-electron chi connectivity index (χ3n) is 4.58. The Morgan fingerprint density at radius 1 is 0.875 bits per heavy atom. The SMILES string of the molecule is CC1(C)CCC(NC2CCC(N)CC2)CC1. The molecule has 2 aliphatic rings. The minimum atomic E-state index is 0.475. The van der Waals surface area contributed by atoms with Crippen LogP contribution in [0.25, 0.3) is 0 Å². The number of hydrogen-bond acceptors (Lipinski definition) is 2. The maximum Gasteiger partial charge on any atom is 0.00708 e. The van der Waals surface area contributed by atoms with Gasteiger partial charge in [-0.15, -0.1) is 0 Å². The van der Waals surface area contributed by atoms with Crippen molar-refractivity contribution >= 4 is 0 Å². The van der Waals surface area contributed by atoms with Gasteiger partial charge in [-0.05, 0) is 56.8 Å². The Morgan fingerprint density at radius 3 is 1.94 bits per heavy atom. The van der Waals surface area contributed by atoms with E-state index in [1.54, 1.807) is 0 Å². The summed E-state index contributed by atoms with van der Waals surface area (Å²) < 4.78 is 0. The number of rotatable bonds is 2. The Morgan fingerprint density at radius 2 is 1.38 bits per heavy atom. The van der Waals surface area contributed by atoms with Gasteiger partial charge >= 0.3 is 0 Å². The highest BCUT2D eigenvalue weighted by Crippen LogP contribution is 2.35.